The Morgan fingerprint density at radius 1 is 1.64 bits per heavy atom. The minimum absolute atomic E-state index is 0.260. The maximum atomic E-state index is 10.5. The lowest BCUT2D eigenvalue weighted by atomic mass is 10.0. The van der Waals surface area contributed by atoms with Crippen LogP contribution in [0.15, 0.2) is 0 Å². The number of hydrogen-bond acceptors (Lipinski definition) is 3. The standard InChI is InChI=1S/C8H14O3/c1-6-3-4-10-8(5-6)11-7(2)9/h6,8H,3-5H2,1-2H3/t6-,8?/m0/s1. The molecule has 64 valence electrons. The molecular formula is C8H14O3. The molecule has 0 radical (unpaired) electrons. The summed E-state index contributed by atoms with van der Waals surface area (Å²) in [6, 6.07) is 0. The predicted molar refractivity (Wildman–Crippen MR) is 39.9 cm³/mol. The van der Waals surface area contributed by atoms with Gasteiger partial charge >= 0.3 is 5.97 Å². The molecule has 1 aliphatic rings. The van der Waals surface area contributed by atoms with Crippen LogP contribution in [0, 0.1) is 5.92 Å². The summed E-state index contributed by atoms with van der Waals surface area (Å²) in [6.45, 7) is 4.25. The fourth-order valence-corrected chi connectivity index (χ4v) is 1.18. The van der Waals surface area contributed by atoms with Crippen molar-refractivity contribution in [2.45, 2.75) is 33.0 Å². The lowest BCUT2D eigenvalue weighted by Gasteiger charge is -2.26. The summed E-state index contributed by atoms with van der Waals surface area (Å²) < 4.78 is 10.1. The van der Waals surface area contributed by atoms with Crippen LogP contribution in [-0.4, -0.2) is 18.9 Å². The molecule has 3 heteroatoms. The second-order valence-corrected chi connectivity index (χ2v) is 3.04. The van der Waals surface area contributed by atoms with Gasteiger partial charge in [-0.25, -0.2) is 0 Å². The monoisotopic (exact) mass is 158 g/mol. The highest BCUT2D eigenvalue weighted by molar-refractivity contribution is 5.66. The molecule has 1 rings (SSSR count). The van der Waals surface area contributed by atoms with Crippen LogP contribution in [0.1, 0.15) is 26.7 Å². The van der Waals surface area contributed by atoms with E-state index in [1.54, 1.807) is 0 Å². The van der Waals surface area contributed by atoms with Gasteiger partial charge in [0.05, 0.1) is 6.61 Å². The van der Waals surface area contributed by atoms with E-state index in [4.69, 9.17) is 9.47 Å². The SMILES string of the molecule is CC(=O)OC1C[C@@H](C)CCO1. The highest BCUT2D eigenvalue weighted by atomic mass is 16.7. The summed E-state index contributed by atoms with van der Waals surface area (Å²) >= 11 is 0. The Morgan fingerprint density at radius 3 is 2.91 bits per heavy atom. The van der Waals surface area contributed by atoms with Crippen LogP contribution in [-0.2, 0) is 14.3 Å². The van der Waals surface area contributed by atoms with E-state index in [0.29, 0.717) is 12.5 Å². The number of carbonyl (C=O) groups is 1. The van der Waals surface area contributed by atoms with E-state index in [0.717, 1.165) is 12.8 Å². The molecule has 0 aromatic heterocycles. The van der Waals surface area contributed by atoms with Crippen molar-refractivity contribution in [3.63, 3.8) is 0 Å². The van der Waals surface area contributed by atoms with Crippen molar-refractivity contribution < 1.29 is 14.3 Å². The fraction of sp³-hybridized carbons (Fsp3) is 0.875. The first kappa shape index (κ1) is 8.53. The van der Waals surface area contributed by atoms with Crippen LogP contribution in [0.4, 0.5) is 0 Å². The Bertz CT molecular complexity index is 144. The van der Waals surface area contributed by atoms with E-state index in [1.807, 2.05) is 0 Å². The Labute approximate surface area is 66.7 Å². The first-order chi connectivity index (χ1) is 5.18. The molecule has 0 aromatic rings. The molecule has 0 spiro atoms. The number of esters is 1. The molecule has 3 nitrogen and oxygen atoms in total. The summed E-state index contributed by atoms with van der Waals surface area (Å²) in [4.78, 5) is 10.5. The summed E-state index contributed by atoms with van der Waals surface area (Å²) in [7, 11) is 0. The van der Waals surface area contributed by atoms with Gasteiger partial charge in [0.1, 0.15) is 0 Å². The smallest absolute Gasteiger partial charge is 0.304 e. The van der Waals surface area contributed by atoms with E-state index in [-0.39, 0.29) is 12.3 Å². The largest absolute Gasteiger partial charge is 0.436 e. The number of hydrogen-bond donors (Lipinski definition) is 0. The van der Waals surface area contributed by atoms with Crippen molar-refractivity contribution in [2.24, 2.45) is 5.92 Å². The molecule has 1 unspecified atom stereocenters. The molecule has 11 heavy (non-hydrogen) atoms. The molecule has 0 bridgehead atoms. The lowest BCUT2D eigenvalue weighted by molar-refractivity contribution is -0.188. The Hall–Kier alpha value is -0.570. The maximum Gasteiger partial charge on any atom is 0.304 e. The number of ether oxygens (including phenoxy) is 2. The van der Waals surface area contributed by atoms with Crippen LogP contribution in [0.3, 0.4) is 0 Å². The van der Waals surface area contributed by atoms with Crippen molar-refractivity contribution in [3.05, 3.63) is 0 Å². The highest BCUT2D eigenvalue weighted by Crippen LogP contribution is 2.19. The highest BCUT2D eigenvalue weighted by Gasteiger charge is 2.21. The lowest BCUT2D eigenvalue weighted by Crippen LogP contribution is -2.28. The molecular weight excluding hydrogens is 144 g/mol. The van der Waals surface area contributed by atoms with Crippen LogP contribution in [0.2, 0.25) is 0 Å². The van der Waals surface area contributed by atoms with Crippen molar-refractivity contribution >= 4 is 5.97 Å². The Balaban J connectivity index is 2.28. The quantitative estimate of drug-likeness (QED) is 0.540. The van der Waals surface area contributed by atoms with Gasteiger partial charge in [-0.1, -0.05) is 6.92 Å². The topological polar surface area (TPSA) is 35.5 Å². The van der Waals surface area contributed by atoms with Gasteiger partial charge in [-0.2, -0.15) is 0 Å². The summed E-state index contributed by atoms with van der Waals surface area (Å²) in [5.74, 6) is 0.345. The minimum atomic E-state index is -0.295. The van der Waals surface area contributed by atoms with Crippen LogP contribution < -0.4 is 0 Å². The third kappa shape index (κ3) is 2.89. The van der Waals surface area contributed by atoms with Crippen LogP contribution in [0.25, 0.3) is 0 Å². The average Bonchev–Trinajstić information content (AvgIpc) is 1.85. The molecule has 0 saturated carbocycles. The third-order valence-electron chi connectivity index (χ3n) is 1.81. The van der Waals surface area contributed by atoms with Crippen LogP contribution in [0.5, 0.6) is 0 Å². The maximum absolute atomic E-state index is 10.5. The molecule has 0 amide bonds. The zero-order valence-electron chi connectivity index (χ0n) is 7.00. The average molecular weight is 158 g/mol. The van der Waals surface area contributed by atoms with Crippen molar-refractivity contribution in [2.75, 3.05) is 6.61 Å². The normalized spacial score (nSPS) is 31.5. The molecule has 1 aliphatic heterocycles. The van der Waals surface area contributed by atoms with Gasteiger partial charge in [0.15, 0.2) is 0 Å². The van der Waals surface area contributed by atoms with Crippen molar-refractivity contribution in [3.8, 4) is 0 Å². The summed E-state index contributed by atoms with van der Waals surface area (Å²) in [6.07, 6.45) is 1.61. The van der Waals surface area contributed by atoms with Gasteiger partial charge in [0.25, 0.3) is 0 Å². The molecule has 2 atom stereocenters. The van der Waals surface area contributed by atoms with Gasteiger partial charge in [-0.05, 0) is 12.3 Å². The number of rotatable bonds is 1. The van der Waals surface area contributed by atoms with Gasteiger partial charge in [-0.3, -0.25) is 4.79 Å². The molecule has 1 saturated heterocycles. The van der Waals surface area contributed by atoms with Gasteiger partial charge < -0.3 is 9.47 Å². The minimum Gasteiger partial charge on any atom is -0.436 e. The second-order valence-electron chi connectivity index (χ2n) is 3.04. The van der Waals surface area contributed by atoms with Crippen molar-refractivity contribution in [1.82, 2.24) is 0 Å². The third-order valence-corrected chi connectivity index (χ3v) is 1.81. The van der Waals surface area contributed by atoms with E-state index < -0.39 is 0 Å². The summed E-state index contributed by atoms with van der Waals surface area (Å²) in [5, 5.41) is 0. The first-order valence-electron chi connectivity index (χ1n) is 3.97. The van der Waals surface area contributed by atoms with E-state index >= 15 is 0 Å². The van der Waals surface area contributed by atoms with Crippen LogP contribution >= 0.6 is 0 Å². The van der Waals surface area contributed by atoms with E-state index in [1.165, 1.54) is 6.92 Å². The zero-order valence-corrected chi connectivity index (χ0v) is 7.00. The molecule has 0 aromatic carbocycles. The van der Waals surface area contributed by atoms with Gasteiger partial charge in [-0.15, -0.1) is 0 Å². The Morgan fingerprint density at radius 2 is 2.36 bits per heavy atom. The Kier molecular flexibility index (Phi) is 2.88. The number of carbonyl (C=O) groups excluding carboxylic acids is 1. The van der Waals surface area contributed by atoms with E-state index in [9.17, 15) is 4.79 Å². The fourth-order valence-electron chi connectivity index (χ4n) is 1.18. The van der Waals surface area contributed by atoms with Gasteiger partial charge in [0, 0.05) is 13.3 Å². The molecule has 0 aliphatic carbocycles. The molecule has 1 heterocycles. The zero-order chi connectivity index (χ0) is 8.27. The summed E-state index contributed by atoms with van der Waals surface area (Å²) in [5.41, 5.74) is 0. The van der Waals surface area contributed by atoms with Crippen molar-refractivity contribution in [1.29, 1.82) is 0 Å². The van der Waals surface area contributed by atoms with Gasteiger partial charge in [0.2, 0.25) is 6.29 Å². The predicted octanol–water partition coefficient (Wildman–Crippen LogP) is 1.32. The second kappa shape index (κ2) is 3.72. The molecule has 1 fully saturated rings. The molecule has 0 N–H and O–H groups in total. The first-order valence-corrected chi connectivity index (χ1v) is 3.97. The van der Waals surface area contributed by atoms with E-state index in [2.05, 4.69) is 6.92 Å².